The number of rotatable bonds is 8. The van der Waals surface area contributed by atoms with Crippen molar-refractivity contribution in [2.45, 2.75) is 11.4 Å². The number of hydrogen-bond donors (Lipinski definition) is 1. The Kier molecular flexibility index (Phi) is 6.41. The van der Waals surface area contributed by atoms with E-state index in [0.29, 0.717) is 23.7 Å². The number of sulfonamides is 1. The van der Waals surface area contributed by atoms with Crippen molar-refractivity contribution < 1.29 is 22.6 Å². The van der Waals surface area contributed by atoms with Crippen LogP contribution in [0, 0.1) is 0 Å². The van der Waals surface area contributed by atoms with Crippen molar-refractivity contribution in [2.75, 3.05) is 41.5 Å². The van der Waals surface area contributed by atoms with Crippen LogP contribution in [0.1, 0.15) is 5.56 Å². The van der Waals surface area contributed by atoms with Crippen molar-refractivity contribution in [2.24, 2.45) is 5.73 Å². The van der Waals surface area contributed by atoms with Crippen LogP contribution >= 0.6 is 0 Å². The topological polar surface area (TPSA) is 91.1 Å². The van der Waals surface area contributed by atoms with E-state index in [-0.39, 0.29) is 18.0 Å². The van der Waals surface area contributed by atoms with Gasteiger partial charge in [0.25, 0.3) is 0 Å². The fraction of sp³-hybridized carbons (Fsp3) is 0.538. The second-order valence-electron chi connectivity index (χ2n) is 4.34. The second kappa shape index (κ2) is 7.60. The molecule has 2 N–H and O–H groups in total. The lowest BCUT2D eigenvalue weighted by atomic mass is 10.2. The van der Waals surface area contributed by atoms with Crippen molar-refractivity contribution in [1.29, 1.82) is 0 Å². The van der Waals surface area contributed by atoms with E-state index in [1.165, 1.54) is 44.8 Å². The molecule has 0 bridgehead atoms. The highest BCUT2D eigenvalue weighted by molar-refractivity contribution is 7.89. The molecule has 21 heavy (non-hydrogen) atoms. The number of benzene rings is 1. The zero-order chi connectivity index (χ0) is 16.0. The Morgan fingerprint density at radius 1 is 1.19 bits per heavy atom. The van der Waals surface area contributed by atoms with Gasteiger partial charge in [-0.3, -0.25) is 0 Å². The first-order valence-corrected chi connectivity index (χ1v) is 7.76. The van der Waals surface area contributed by atoms with Crippen molar-refractivity contribution in [1.82, 2.24) is 4.31 Å². The number of nitrogens with zero attached hydrogens (tertiary/aromatic N) is 1. The smallest absolute Gasteiger partial charge is 0.243 e. The van der Waals surface area contributed by atoms with Crippen molar-refractivity contribution in [3.63, 3.8) is 0 Å². The second-order valence-corrected chi connectivity index (χ2v) is 6.39. The number of hydrogen-bond acceptors (Lipinski definition) is 6. The first-order valence-electron chi connectivity index (χ1n) is 6.32. The summed E-state index contributed by atoms with van der Waals surface area (Å²) in [4.78, 5) is 0.110. The largest absolute Gasteiger partial charge is 0.493 e. The molecule has 0 saturated heterocycles. The van der Waals surface area contributed by atoms with Crippen LogP contribution in [-0.4, -0.2) is 54.3 Å². The highest BCUT2D eigenvalue weighted by Gasteiger charge is 2.24. The van der Waals surface area contributed by atoms with Gasteiger partial charge < -0.3 is 19.9 Å². The minimum atomic E-state index is -3.64. The molecule has 0 unspecified atom stereocenters. The van der Waals surface area contributed by atoms with Gasteiger partial charge in [0.2, 0.25) is 10.0 Å². The van der Waals surface area contributed by atoms with Crippen molar-refractivity contribution in [3.05, 3.63) is 17.7 Å². The molecule has 0 atom stereocenters. The van der Waals surface area contributed by atoms with Crippen LogP contribution in [0.4, 0.5) is 0 Å². The summed E-state index contributed by atoms with van der Waals surface area (Å²) < 4.78 is 41.5. The zero-order valence-electron chi connectivity index (χ0n) is 12.8. The Hall–Kier alpha value is -1.35. The van der Waals surface area contributed by atoms with E-state index in [1.54, 1.807) is 0 Å². The quantitative estimate of drug-likeness (QED) is 0.747. The highest BCUT2D eigenvalue weighted by atomic mass is 32.2. The fourth-order valence-corrected chi connectivity index (χ4v) is 3.06. The van der Waals surface area contributed by atoms with E-state index < -0.39 is 10.0 Å². The Morgan fingerprint density at radius 2 is 1.86 bits per heavy atom. The molecule has 0 radical (unpaired) electrons. The van der Waals surface area contributed by atoms with Gasteiger partial charge in [-0.15, -0.1) is 0 Å². The molecular weight excluding hydrogens is 296 g/mol. The third-order valence-electron chi connectivity index (χ3n) is 3.07. The number of ether oxygens (including phenoxy) is 3. The summed E-state index contributed by atoms with van der Waals surface area (Å²) in [6.07, 6.45) is 0. The van der Waals surface area contributed by atoms with Crippen molar-refractivity contribution in [3.8, 4) is 11.5 Å². The SMILES string of the molecule is COCCN(C)S(=O)(=O)c1cc(CN)c(OC)c(OC)c1. The van der Waals surface area contributed by atoms with Gasteiger partial charge in [-0.25, -0.2) is 8.42 Å². The van der Waals surface area contributed by atoms with E-state index in [0.717, 1.165) is 0 Å². The Balaban J connectivity index is 3.30. The molecular formula is C13H22N2O5S. The van der Waals surface area contributed by atoms with Crippen LogP contribution in [0.5, 0.6) is 11.5 Å². The first-order chi connectivity index (χ1) is 9.92. The predicted molar refractivity (Wildman–Crippen MR) is 79.1 cm³/mol. The maximum Gasteiger partial charge on any atom is 0.243 e. The standard InChI is InChI=1S/C13H22N2O5S/c1-15(5-6-18-2)21(16,17)11-7-10(9-14)13(20-4)12(8-11)19-3/h7-8H,5-6,9,14H2,1-4H3. The van der Waals surface area contributed by atoms with Crippen LogP contribution in [0.25, 0.3) is 0 Å². The summed E-state index contributed by atoms with van der Waals surface area (Å²) in [7, 11) is 2.30. The molecule has 0 fully saturated rings. The van der Waals surface area contributed by atoms with Gasteiger partial charge >= 0.3 is 0 Å². The van der Waals surface area contributed by atoms with Crippen molar-refractivity contribution >= 4 is 10.0 Å². The van der Waals surface area contributed by atoms with Crippen LogP contribution in [0.3, 0.4) is 0 Å². The molecule has 1 aromatic carbocycles. The lowest BCUT2D eigenvalue weighted by Crippen LogP contribution is -2.30. The Morgan fingerprint density at radius 3 is 2.33 bits per heavy atom. The molecule has 1 aromatic rings. The van der Waals surface area contributed by atoms with Gasteiger partial charge in [-0.05, 0) is 6.07 Å². The number of nitrogens with two attached hydrogens (primary N) is 1. The molecule has 0 amide bonds. The van der Waals surface area contributed by atoms with Crippen LogP contribution in [0.15, 0.2) is 17.0 Å². The van der Waals surface area contributed by atoms with Gasteiger partial charge in [0, 0.05) is 38.9 Å². The third kappa shape index (κ3) is 3.85. The fourth-order valence-electron chi connectivity index (χ4n) is 1.84. The summed E-state index contributed by atoms with van der Waals surface area (Å²) in [6, 6.07) is 2.93. The van der Waals surface area contributed by atoms with Crippen LogP contribution < -0.4 is 15.2 Å². The molecule has 0 aromatic heterocycles. The average Bonchev–Trinajstić information content (AvgIpc) is 2.50. The zero-order valence-corrected chi connectivity index (χ0v) is 13.6. The molecule has 1 rings (SSSR count). The molecule has 8 heteroatoms. The van der Waals surface area contributed by atoms with Gasteiger partial charge in [0.1, 0.15) is 0 Å². The molecule has 0 aliphatic rings. The first kappa shape index (κ1) is 17.7. The summed E-state index contributed by atoms with van der Waals surface area (Å²) >= 11 is 0. The summed E-state index contributed by atoms with van der Waals surface area (Å²) in [5.74, 6) is 0.776. The molecule has 120 valence electrons. The van der Waals surface area contributed by atoms with Crippen LogP contribution in [0.2, 0.25) is 0 Å². The van der Waals surface area contributed by atoms with Gasteiger partial charge in [0.15, 0.2) is 11.5 Å². The van der Waals surface area contributed by atoms with E-state index in [2.05, 4.69) is 0 Å². The summed E-state index contributed by atoms with van der Waals surface area (Å²) in [5, 5.41) is 0. The molecule has 0 spiro atoms. The molecule has 0 aliphatic carbocycles. The Bertz CT molecular complexity index is 549. The minimum Gasteiger partial charge on any atom is -0.493 e. The monoisotopic (exact) mass is 318 g/mol. The Labute approximate surface area is 125 Å². The predicted octanol–water partition coefficient (Wildman–Crippen LogP) is 0.429. The summed E-state index contributed by atoms with van der Waals surface area (Å²) in [5.41, 5.74) is 6.22. The third-order valence-corrected chi connectivity index (χ3v) is 4.90. The maximum absolute atomic E-state index is 12.5. The maximum atomic E-state index is 12.5. The van der Waals surface area contributed by atoms with Gasteiger partial charge in [0.05, 0.1) is 25.7 Å². The molecule has 0 aliphatic heterocycles. The van der Waals surface area contributed by atoms with Gasteiger partial charge in [-0.1, -0.05) is 0 Å². The molecule has 0 heterocycles. The number of methoxy groups -OCH3 is 3. The molecule has 0 saturated carbocycles. The number of likely N-dealkylation sites (N-methyl/N-ethyl adjacent to an activating group) is 1. The lowest BCUT2D eigenvalue weighted by Gasteiger charge is -2.19. The van der Waals surface area contributed by atoms with E-state index in [9.17, 15) is 8.42 Å². The summed E-state index contributed by atoms with van der Waals surface area (Å²) in [6.45, 7) is 0.711. The average molecular weight is 318 g/mol. The van der Waals surface area contributed by atoms with E-state index in [1.807, 2.05) is 0 Å². The van der Waals surface area contributed by atoms with Gasteiger partial charge in [-0.2, -0.15) is 4.31 Å². The highest BCUT2D eigenvalue weighted by Crippen LogP contribution is 2.34. The minimum absolute atomic E-state index is 0.110. The van der Waals surface area contributed by atoms with E-state index in [4.69, 9.17) is 19.9 Å². The van der Waals surface area contributed by atoms with E-state index >= 15 is 0 Å². The normalized spacial score (nSPS) is 11.7. The lowest BCUT2D eigenvalue weighted by molar-refractivity contribution is 0.185. The van der Waals surface area contributed by atoms with Crippen LogP contribution in [-0.2, 0) is 21.3 Å². The molecule has 7 nitrogen and oxygen atoms in total.